The van der Waals surface area contributed by atoms with Crippen LogP contribution in [0, 0.1) is 0 Å². The van der Waals surface area contributed by atoms with Crippen molar-refractivity contribution in [3.8, 4) is 0 Å². The smallest absolute Gasteiger partial charge is 0.410 e. The lowest BCUT2D eigenvalue weighted by Gasteiger charge is -2.39. The molecular weight excluding hydrogens is 339 g/mol. The molecule has 0 spiro atoms. The van der Waals surface area contributed by atoms with Crippen molar-refractivity contribution < 1.29 is 23.5 Å². The summed E-state index contributed by atoms with van der Waals surface area (Å²) in [6.07, 6.45) is -2.35. The summed E-state index contributed by atoms with van der Waals surface area (Å²) >= 11 is 0. The minimum absolute atomic E-state index is 0.115. The van der Waals surface area contributed by atoms with Crippen molar-refractivity contribution in [3.05, 3.63) is 35.9 Å². The van der Waals surface area contributed by atoms with Crippen LogP contribution in [0.15, 0.2) is 30.3 Å². The van der Waals surface area contributed by atoms with E-state index in [1.54, 1.807) is 27.7 Å². The molecule has 2 unspecified atom stereocenters. The number of halogens is 1. The lowest BCUT2D eigenvalue weighted by atomic mass is 9.98. The Morgan fingerprint density at radius 2 is 1.92 bits per heavy atom. The highest BCUT2D eigenvalue weighted by atomic mass is 19.1. The molecule has 2 amide bonds. The Kier molecular flexibility index (Phi) is 6.45. The highest BCUT2D eigenvalue weighted by molar-refractivity contribution is 5.70. The number of rotatable bonds is 3. The Morgan fingerprint density at radius 3 is 2.54 bits per heavy atom. The van der Waals surface area contributed by atoms with Gasteiger partial charge in [0.05, 0.1) is 12.1 Å². The zero-order chi connectivity index (χ0) is 19.3. The van der Waals surface area contributed by atoms with Crippen molar-refractivity contribution >= 4 is 12.2 Å². The van der Waals surface area contributed by atoms with E-state index in [2.05, 4.69) is 5.32 Å². The normalized spacial score (nSPS) is 23.3. The fourth-order valence-electron chi connectivity index (χ4n) is 2.76. The second kappa shape index (κ2) is 8.38. The van der Waals surface area contributed by atoms with Crippen molar-refractivity contribution in [2.45, 2.75) is 64.6 Å². The number of ether oxygens (including phenoxy) is 2. The number of alkyl carbamates (subject to hydrolysis) is 1. The van der Waals surface area contributed by atoms with E-state index >= 15 is 0 Å². The molecule has 144 valence electrons. The number of amides is 2. The number of hydrogen-bond acceptors (Lipinski definition) is 4. The number of piperidine rings is 1. The Labute approximate surface area is 153 Å². The van der Waals surface area contributed by atoms with Gasteiger partial charge < -0.3 is 19.7 Å². The summed E-state index contributed by atoms with van der Waals surface area (Å²) in [5.41, 5.74) is 0.209. The number of nitrogens with one attached hydrogen (secondary N) is 1. The zero-order valence-corrected chi connectivity index (χ0v) is 15.7. The molecule has 1 aliphatic rings. The third-order valence-corrected chi connectivity index (χ3v) is 4.10. The highest BCUT2D eigenvalue weighted by Crippen LogP contribution is 2.22. The Bertz CT molecular complexity index is 618. The van der Waals surface area contributed by atoms with E-state index in [4.69, 9.17) is 9.47 Å². The number of nitrogens with zero attached hydrogens (tertiary/aromatic N) is 1. The quantitative estimate of drug-likeness (QED) is 0.887. The predicted molar refractivity (Wildman–Crippen MR) is 95.5 cm³/mol. The van der Waals surface area contributed by atoms with Crippen LogP contribution in [0.2, 0.25) is 0 Å². The van der Waals surface area contributed by atoms with Gasteiger partial charge >= 0.3 is 12.2 Å². The Hall–Kier alpha value is -2.31. The molecule has 0 bridgehead atoms. The molecule has 1 saturated heterocycles. The van der Waals surface area contributed by atoms with Crippen LogP contribution in [0.5, 0.6) is 0 Å². The molecule has 7 heteroatoms. The van der Waals surface area contributed by atoms with Gasteiger partial charge in [0.25, 0.3) is 0 Å². The van der Waals surface area contributed by atoms with E-state index in [-0.39, 0.29) is 19.6 Å². The van der Waals surface area contributed by atoms with Gasteiger partial charge in [-0.2, -0.15) is 0 Å². The topological polar surface area (TPSA) is 67.9 Å². The minimum Gasteiger partial charge on any atom is -0.445 e. The molecular formula is C19H27FN2O4. The van der Waals surface area contributed by atoms with Gasteiger partial charge in [0.2, 0.25) is 0 Å². The Balaban J connectivity index is 1.93. The van der Waals surface area contributed by atoms with Crippen LogP contribution in [-0.2, 0) is 16.1 Å². The second-order valence-corrected chi connectivity index (χ2v) is 7.53. The highest BCUT2D eigenvalue weighted by Gasteiger charge is 2.38. The van der Waals surface area contributed by atoms with Crippen LogP contribution in [0.1, 0.15) is 39.7 Å². The molecule has 1 heterocycles. The number of likely N-dealkylation sites (tertiary alicyclic amines) is 1. The summed E-state index contributed by atoms with van der Waals surface area (Å²) in [4.78, 5) is 25.6. The molecule has 0 aromatic heterocycles. The van der Waals surface area contributed by atoms with Crippen molar-refractivity contribution in [2.24, 2.45) is 0 Å². The molecule has 2 rings (SSSR count). The van der Waals surface area contributed by atoms with Gasteiger partial charge in [-0.25, -0.2) is 14.0 Å². The third kappa shape index (κ3) is 5.89. The average Bonchev–Trinajstić information content (AvgIpc) is 2.55. The average molecular weight is 366 g/mol. The van der Waals surface area contributed by atoms with Crippen LogP contribution in [-0.4, -0.2) is 47.5 Å². The molecule has 1 fully saturated rings. The standard InChI is InChI=1S/C19H27FN2O4/c1-13-16(20)10-15(21-17(23)26-19(2,3)4)11-22(13)18(24)25-12-14-8-6-5-7-9-14/h5-9,13,15-16H,10-12H2,1-4H3,(H,21,23)/t13-,15?,16?/m1/s1. The van der Waals surface area contributed by atoms with Gasteiger partial charge in [0.1, 0.15) is 18.4 Å². The molecule has 1 aliphatic heterocycles. The third-order valence-electron chi connectivity index (χ3n) is 4.10. The maximum absolute atomic E-state index is 14.3. The van der Waals surface area contributed by atoms with E-state index in [1.165, 1.54) is 4.90 Å². The van der Waals surface area contributed by atoms with E-state index < -0.39 is 36.0 Å². The first-order chi connectivity index (χ1) is 12.2. The van der Waals surface area contributed by atoms with E-state index in [0.717, 1.165) is 5.56 Å². The summed E-state index contributed by atoms with van der Waals surface area (Å²) in [6, 6.07) is 8.12. The molecule has 0 radical (unpaired) electrons. The number of carbonyl (C=O) groups excluding carboxylic acids is 2. The van der Waals surface area contributed by atoms with Crippen molar-refractivity contribution in [2.75, 3.05) is 6.54 Å². The van der Waals surface area contributed by atoms with Crippen molar-refractivity contribution in [1.29, 1.82) is 0 Å². The molecule has 1 aromatic rings. The summed E-state index contributed by atoms with van der Waals surface area (Å²) in [5, 5.41) is 2.63. The second-order valence-electron chi connectivity index (χ2n) is 7.53. The van der Waals surface area contributed by atoms with Gasteiger partial charge in [-0.3, -0.25) is 0 Å². The maximum atomic E-state index is 14.3. The largest absolute Gasteiger partial charge is 0.445 e. The maximum Gasteiger partial charge on any atom is 0.410 e. The fourth-order valence-corrected chi connectivity index (χ4v) is 2.76. The van der Waals surface area contributed by atoms with Crippen LogP contribution >= 0.6 is 0 Å². The van der Waals surface area contributed by atoms with Crippen molar-refractivity contribution in [3.63, 3.8) is 0 Å². The van der Waals surface area contributed by atoms with Crippen molar-refractivity contribution in [1.82, 2.24) is 10.2 Å². The molecule has 1 N–H and O–H groups in total. The van der Waals surface area contributed by atoms with Gasteiger partial charge in [-0.1, -0.05) is 30.3 Å². The predicted octanol–water partition coefficient (Wildman–Crippen LogP) is 3.65. The summed E-state index contributed by atoms with van der Waals surface area (Å²) < 4.78 is 24.8. The van der Waals surface area contributed by atoms with Gasteiger partial charge in [0.15, 0.2) is 0 Å². The number of alkyl halides is 1. The molecule has 1 aromatic carbocycles. The molecule has 0 aliphatic carbocycles. The first kappa shape index (κ1) is 20.0. The lowest BCUT2D eigenvalue weighted by molar-refractivity contribution is 0.0219. The van der Waals surface area contributed by atoms with Crippen LogP contribution < -0.4 is 5.32 Å². The first-order valence-corrected chi connectivity index (χ1v) is 8.76. The monoisotopic (exact) mass is 366 g/mol. The summed E-state index contributed by atoms with van der Waals surface area (Å²) in [7, 11) is 0. The van der Waals surface area contributed by atoms with Gasteiger partial charge in [-0.05, 0) is 33.3 Å². The van der Waals surface area contributed by atoms with Crippen LogP contribution in [0.4, 0.5) is 14.0 Å². The summed E-state index contributed by atoms with van der Waals surface area (Å²) in [6.45, 7) is 7.18. The number of benzene rings is 1. The zero-order valence-electron chi connectivity index (χ0n) is 15.7. The Morgan fingerprint density at radius 1 is 1.27 bits per heavy atom. The van der Waals surface area contributed by atoms with E-state index in [1.807, 2.05) is 30.3 Å². The molecule has 26 heavy (non-hydrogen) atoms. The first-order valence-electron chi connectivity index (χ1n) is 8.76. The van der Waals surface area contributed by atoms with Crippen LogP contribution in [0.25, 0.3) is 0 Å². The van der Waals surface area contributed by atoms with Gasteiger partial charge in [-0.15, -0.1) is 0 Å². The van der Waals surface area contributed by atoms with Crippen LogP contribution in [0.3, 0.4) is 0 Å². The van der Waals surface area contributed by atoms with E-state index in [0.29, 0.717) is 0 Å². The van der Waals surface area contributed by atoms with Gasteiger partial charge in [0, 0.05) is 13.0 Å². The SMILES string of the molecule is C[C@@H]1C(F)CC(NC(=O)OC(C)(C)C)CN1C(=O)OCc1ccccc1. The number of carbonyl (C=O) groups is 2. The summed E-state index contributed by atoms with van der Waals surface area (Å²) in [5.74, 6) is 0. The van der Waals surface area contributed by atoms with E-state index in [9.17, 15) is 14.0 Å². The molecule has 3 atom stereocenters. The molecule has 0 saturated carbocycles. The molecule has 6 nitrogen and oxygen atoms in total. The lowest BCUT2D eigenvalue weighted by Crippen LogP contribution is -2.57. The number of hydrogen-bond donors (Lipinski definition) is 1. The fraction of sp³-hybridized carbons (Fsp3) is 0.579. The minimum atomic E-state index is -1.26.